The molecule has 0 radical (unpaired) electrons. The van der Waals surface area contributed by atoms with Gasteiger partial charge in [-0.2, -0.15) is 0 Å². The largest absolute Gasteiger partial charge is 0.367 e. The van der Waals surface area contributed by atoms with E-state index in [1.54, 1.807) is 12.0 Å². The smallest absolute Gasteiger partial charge is 0.256 e. The lowest BCUT2D eigenvalue weighted by Gasteiger charge is -2.22. The van der Waals surface area contributed by atoms with Crippen LogP contribution in [0.3, 0.4) is 0 Å². The van der Waals surface area contributed by atoms with E-state index in [2.05, 4.69) is 0 Å². The van der Waals surface area contributed by atoms with Crippen molar-refractivity contribution in [1.82, 2.24) is 4.90 Å². The third-order valence-electron chi connectivity index (χ3n) is 3.10. The summed E-state index contributed by atoms with van der Waals surface area (Å²) in [4.78, 5) is 14.1. The Labute approximate surface area is 101 Å². The molecule has 17 heavy (non-hydrogen) atoms. The zero-order chi connectivity index (χ0) is 12.3. The number of nitrogens with zero attached hydrogens (tertiary/aromatic N) is 1. The minimum Gasteiger partial charge on any atom is -0.367 e. The van der Waals surface area contributed by atoms with Gasteiger partial charge in [0.15, 0.2) is 6.10 Å². The fraction of sp³-hybridized carbons (Fsp3) is 0.462. The van der Waals surface area contributed by atoms with Gasteiger partial charge in [-0.15, -0.1) is 0 Å². The first-order valence-electron chi connectivity index (χ1n) is 5.84. The maximum atomic E-state index is 12.3. The molecule has 1 heterocycles. The number of carbonyl (C=O) groups is 1. The first-order chi connectivity index (χ1) is 8.22. The molecule has 1 fully saturated rings. The molecule has 1 saturated heterocycles. The fourth-order valence-corrected chi connectivity index (χ4v) is 2.16. The average Bonchev–Trinajstić information content (AvgIpc) is 2.78. The highest BCUT2D eigenvalue weighted by atomic mass is 16.5. The van der Waals surface area contributed by atoms with Gasteiger partial charge in [-0.05, 0) is 12.0 Å². The molecule has 0 aromatic heterocycles. The number of methoxy groups -OCH3 is 1. The third kappa shape index (κ3) is 2.65. The number of likely N-dealkylation sites (tertiary alicyclic amines) is 1. The lowest BCUT2D eigenvalue weighted by molar-refractivity contribution is -0.141. The van der Waals surface area contributed by atoms with E-state index in [0.29, 0.717) is 6.54 Å². The van der Waals surface area contributed by atoms with Crippen LogP contribution in [0, 0.1) is 0 Å². The lowest BCUT2D eigenvalue weighted by Crippen LogP contribution is -2.36. The van der Waals surface area contributed by atoms with Crippen molar-refractivity contribution in [2.45, 2.75) is 18.6 Å². The molecule has 2 atom stereocenters. The van der Waals surface area contributed by atoms with E-state index in [1.807, 2.05) is 30.3 Å². The van der Waals surface area contributed by atoms with Crippen LogP contribution in [-0.2, 0) is 9.53 Å². The van der Waals surface area contributed by atoms with Crippen molar-refractivity contribution in [3.05, 3.63) is 35.9 Å². The fourth-order valence-electron chi connectivity index (χ4n) is 2.16. The Hall–Kier alpha value is -1.39. The van der Waals surface area contributed by atoms with Gasteiger partial charge in [0.25, 0.3) is 5.91 Å². The number of hydrogen-bond acceptors (Lipinski definition) is 3. The summed E-state index contributed by atoms with van der Waals surface area (Å²) in [6.07, 6.45) is 0.359. The number of nitrogens with two attached hydrogens (primary N) is 1. The molecule has 2 N–H and O–H groups in total. The summed E-state index contributed by atoms with van der Waals surface area (Å²) in [7, 11) is 1.56. The number of hydrogen-bond donors (Lipinski definition) is 1. The zero-order valence-corrected chi connectivity index (χ0v) is 10.0. The highest BCUT2D eigenvalue weighted by Crippen LogP contribution is 2.21. The maximum absolute atomic E-state index is 12.3. The Morgan fingerprint density at radius 3 is 2.71 bits per heavy atom. The molecule has 4 nitrogen and oxygen atoms in total. The minimum absolute atomic E-state index is 0.00616. The van der Waals surface area contributed by atoms with Gasteiger partial charge in [0.2, 0.25) is 0 Å². The summed E-state index contributed by atoms with van der Waals surface area (Å²) < 4.78 is 5.31. The summed E-state index contributed by atoms with van der Waals surface area (Å²) in [6.45, 7) is 1.36. The summed E-state index contributed by atoms with van der Waals surface area (Å²) >= 11 is 0. The Morgan fingerprint density at radius 1 is 1.47 bits per heavy atom. The van der Waals surface area contributed by atoms with E-state index < -0.39 is 6.10 Å². The lowest BCUT2D eigenvalue weighted by atomic mass is 10.1. The van der Waals surface area contributed by atoms with E-state index in [0.717, 1.165) is 18.5 Å². The van der Waals surface area contributed by atoms with Gasteiger partial charge in [0, 0.05) is 26.2 Å². The van der Waals surface area contributed by atoms with Gasteiger partial charge < -0.3 is 15.4 Å². The number of rotatable bonds is 3. The molecule has 1 amide bonds. The first-order valence-corrected chi connectivity index (χ1v) is 5.84. The van der Waals surface area contributed by atoms with Crippen molar-refractivity contribution in [2.24, 2.45) is 5.73 Å². The van der Waals surface area contributed by atoms with Crippen LogP contribution >= 0.6 is 0 Å². The van der Waals surface area contributed by atoms with Crippen LogP contribution in [0.5, 0.6) is 0 Å². The topological polar surface area (TPSA) is 55.6 Å². The van der Waals surface area contributed by atoms with Crippen LogP contribution in [-0.4, -0.2) is 37.0 Å². The van der Waals surface area contributed by atoms with Crippen molar-refractivity contribution in [3.63, 3.8) is 0 Å². The number of amides is 1. The van der Waals surface area contributed by atoms with Crippen molar-refractivity contribution in [3.8, 4) is 0 Å². The Morgan fingerprint density at radius 2 is 2.18 bits per heavy atom. The second-order valence-corrected chi connectivity index (χ2v) is 4.36. The van der Waals surface area contributed by atoms with Crippen molar-refractivity contribution in [1.29, 1.82) is 0 Å². The van der Waals surface area contributed by atoms with E-state index in [4.69, 9.17) is 10.5 Å². The van der Waals surface area contributed by atoms with Crippen LogP contribution < -0.4 is 5.73 Å². The molecular formula is C13H18N2O2. The summed E-state index contributed by atoms with van der Waals surface area (Å²) in [5, 5.41) is 0. The molecule has 1 aliphatic heterocycles. The quantitative estimate of drug-likeness (QED) is 0.846. The normalized spacial score (nSPS) is 21.5. The van der Waals surface area contributed by atoms with Gasteiger partial charge in [0.05, 0.1) is 0 Å². The number of ether oxygens (including phenoxy) is 1. The Kier molecular flexibility index (Phi) is 3.76. The molecular weight excluding hydrogens is 216 g/mol. The molecule has 1 aromatic carbocycles. The van der Waals surface area contributed by atoms with Crippen LogP contribution in [0.1, 0.15) is 18.1 Å². The van der Waals surface area contributed by atoms with Crippen molar-refractivity contribution in [2.75, 3.05) is 20.2 Å². The maximum Gasteiger partial charge on any atom is 0.256 e. The van der Waals surface area contributed by atoms with E-state index in [9.17, 15) is 4.79 Å². The summed E-state index contributed by atoms with van der Waals surface area (Å²) in [5.41, 5.74) is 6.70. The standard InChI is InChI=1S/C13H18N2O2/c1-17-12(10-5-3-2-4-6-10)13(16)15-8-7-11(14)9-15/h2-6,11-12H,7-9,14H2,1H3/t11-,12+/m1/s1. The molecule has 1 aliphatic rings. The summed E-state index contributed by atoms with van der Waals surface area (Å²) in [6, 6.07) is 9.65. The molecule has 0 unspecified atom stereocenters. The molecule has 0 saturated carbocycles. The van der Waals surface area contributed by atoms with Crippen LogP contribution in [0.15, 0.2) is 30.3 Å². The molecule has 92 valence electrons. The van der Waals surface area contributed by atoms with Gasteiger partial charge in [-0.3, -0.25) is 4.79 Å². The van der Waals surface area contributed by atoms with E-state index >= 15 is 0 Å². The number of carbonyl (C=O) groups excluding carboxylic acids is 1. The zero-order valence-electron chi connectivity index (χ0n) is 10.0. The van der Waals surface area contributed by atoms with Crippen molar-refractivity contribution >= 4 is 5.91 Å². The van der Waals surface area contributed by atoms with Gasteiger partial charge in [-0.1, -0.05) is 30.3 Å². The Balaban J connectivity index is 2.11. The highest BCUT2D eigenvalue weighted by Gasteiger charge is 2.30. The van der Waals surface area contributed by atoms with Crippen molar-refractivity contribution < 1.29 is 9.53 Å². The average molecular weight is 234 g/mol. The second-order valence-electron chi connectivity index (χ2n) is 4.36. The monoisotopic (exact) mass is 234 g/mol. The van der Waals surface area contributed by atoms with E-state index in [-0.39, 0.29) is 11.9 Å². The van der Waals surface area contributed by atoms with Gasteiger partial charge >= 0.3 is 0 Å². The number of benzene rings is 1. The van der Waals surface area contributed by atoms with Crippen LogP contribution in [0.2, 0.25) is 0 Å². The molecule has 1 aromatic rings. The molecule has 0 spiro atoms. The van der Waals surface area contributed by atoms with Crippen LogP contribution in [0.4, 0.5) is 0 Å². The first kappa shape index (κ1) is 12.1. The predicted molar refractivity (Wildman–Crippen MR) is 65.4 cm³/mol. The second kappa shape index (κ2) is 5.29. The Bertz CT molecular complexity index is 380. The molecule has 2 rings (SSSR count). The third-order valence-corrected chi connectivity index (χ3v) is 3.10. The minimum atomic E-state index is -0.513. The van der Waals surface area contributed by atoms with E-state index in [1.165, 1.54) is 0 Å². The predicted octanol–water partition coefficient (Wildman–Crippen LogP) is 0.934. The van der Waals surface area contributed by atoms with Crippen LogP contribution in [0.25, 0.3) is 0 Å². The highest BCUT2D eigenvalue weighted by molar-refractivity contribution is 5.82. The van der Waals surface area contributed by atoms with Gasteiger partial charge in [-0.25, -0.2) is 0 Å². The van der Waals surface area contributed by atoms with Gasteiger partial charge in [0.1, 0.15) is 0 Å². The molecule has 4 heteroatoms. The molecule has 0 bridgehead atoms. The summed E-state index contributed by atoms with van der Waals surface area (Å²) in [5.74, 6) is 0.00616. The molecule has 0 aliphatic carbocycles. The SMILES string of the molecule is CO[C@H](C(=O)N1CC[C@@H](N)C1)c1ccccc1.